The summed E-state index contributed by atoms with van der Waals surface area (Å²) in [7, 11) is -0.510. The minimum Gasteiger partial charge on any atom is -0.495 e. The molecule has 2 heterocycles. The van der Waals surface area contributed by atoms with Crippen molar-refractivity contribution in [3.63, 3.8) is 0 Å². The lowest BCUT2D eigenvalue weighted by Gasteiger charge is -2.16. The Morgan fingerprint density at radius 1 is 1.23 bits per heavy atom. The Labute approximate surface area is 211 Å². The van der Waals surface area contributed by atoms with Crippen LogP contribution in [-0.4, -0.2) is 49.1 Å². The summed E-state index contributed by atoms with van der Waals surface area (Å²) in [5, 5.41) is 19.7. The molecule has 0 atom stereocenters. The fourth-order valence-electron chi connectivity index (χ4n) is 3.30. The highest BCUT2D eigenvalue weighted by atomic mass is 35.5. The fourth-order valence-corrected chi connectivity index (χ4v) is 5.52. The number of carbonyl (C=O) groups excluding carboxylic acids is 1. The molecule has 0 radical (unpaired) electrons. The number of sulfone groups is 1. The molecule has 35 heavy (non-hydrogen) atoms. The number of nitrogens with one attached hydrogen (secondary N) is 1. The molecule has 13 heteroatoms. The predicted octanol–water partition coefficient (Wildman–Crippen LogP) is 3.96. The minimum atomic E-state index is -3.55. The van der Waals surface area contributed by atoms with E-state index in [2.05, 4.69) is 15.5 Å². The molecule has 1 amide bonds. The van der Waals surface area contributed by atoms with Crippen LogP contribution in [0.1, 0.15) is 23.9 Å². The van der Waals surface area contributed by atoms with E-state index in [1.54, 1.807) is 12.1 Å². The Bertz CT molecular complexity index is 1470. The average molecular weight is 536 g/mol. The van der Waals surface area contributed by atoms with Crippen molar-refractivity contribution >= 4 is 49.9 Å². The molecule has 0 aliphatic rings. The number of nitrogens with zero attached hydrogens (tertiary/aromatic N) is 4. The number of methoxy groups -OCH3 is 2. The Morgan fingerprint density at radius 3 is 2.51 bits per heavy atom. The Morgan fingerprint density at radius 2 is 1.91 bits per heavy atom. The summed E-state index contributed by atoms with van der Waals surface area (Å²) >= 11 is 7.06. The maximum absolute atomic E-state index is 12.7. The van der Waals surface area contributed by atoms with Gasteiger partial charge >= 0.3 is 0 Å². The number of aromatic nitrogens is 3. The Hall–Kier alpha value is -3.40. The van der Waals surface area contributed by atoms with Crippen LogP contribution >= 0.6 is 22.9 Å². The van der Waals surface area contributed by atoms with E-state index in [1.165, 1.54) is 27.2 Å². The fraction of sp³-hybridized carbons (Fsp3) is 0.273. The second-order valence-corrected chi connectivity index (χ2v) is 11.1. The number of hydrogen-bond acceptors (Lipinski definition) is 9. The number of anilines is 1. The first-order valence-corrected chi connectivity index (χ1v) is 13.0. The molecule has 0 saturated heterocycles. The zero-order valence-corrected chi connectivity index (χ0v) is 21.9. The standard InChI is InChI=1S/C22H22ClN5O5S2/c1-6-35(30,31)22-27-26-21(34-22)25-20(29)15(11-24)8-14-7-12(2)28(13(14)3)17-9-16(23)18(32-4)10-19(17)33-5/h7-10H,6H2,1-5H3,(H,25,26,29). The van der Waals surface area contributed by atoms with Gasteiger partial charge in [0.1, 0.15) is 23.1 Å². The molecule has 0 fully saturated rings. The number of halogens is 1. The highest BCUT2D eigenvalue weighted by Crippen LogP contribution is 2.37. The molecule has 3 rings (SSSR count). The number of amides is 1. The monoisotopic (exact) mass is 535 g/mol. The normalized spacial score (nSPS) is 11.7. The zero-order valence-electron chi connectivity index (χ0n) is 19.5. The third-order valence-electron chi connectivity index (χ3n) is 5.10. The summed E-state index contributed by atoms with van der Waals surface area (Å²) in [6.45, 7) is 5.18. The van der Waals surface area contributed by atoms with Gasteiger partial charge in [0, 0.05) is 17.5 Å². The lowest BCUT2D eigenvalue weighted by Crippen LogP contribution is -2.13. The number of aryl methyl sites for hydroxylation is 1. The van der Waals surface area contributed by atoms with E-state index in [0.29, 0.717) is 27.8 Å². The molecule has 1 aromatic carbocycles. The number of nitriles is 1. The highest BCUT2D eigenvalue weighted by molar-refractivity contribution is 7.93. The molecule has 3 aromatic rings. The lowest BCUT2D eigenvalue weighted by molar-refractivity contribution is -0.112. The van der Waals surface area contributed by atoms with Crippen LogP contribution in [0.2, 0.25) is 5.02 Å². The van der Waals surface area contributed by atoms with Crippen LogP contribution in [0.4, 0.5) is 5.13 Å². The maximum Gasteiger partial charge on any atom is 0.268 e. The van der Waals surface area contributed by atoms with Gasteiger partial charge in [-0.25, -0.2) is 8.42 Å². The number of benzene rings is 1. The van der Waals surface area contributed by atoms with Gasteiger partial charge in [0.2, 0.25) is 19.3 Å². The number of carbonyl (C=O) groups is 1. The van der Waals surface area contributed by atoms with Gasteiger partial charge < -0.3 is 14.0 Å². The van der Waals surface area contributed by atoms with Gasteiger partial charge in [-0.3, -0.25) is 10.1 Å². The third-order valence-corrected chi connectivity index (χ3v) is 8.42. The second kappa shape index (κ2) is 10.5. The molecule has 0 saturated carbocycles. The zero-order chi connectivity index (χ0) is 25.9. The number of hydrogen-bond donors (Lipinski definition) is 1. The predicted molar refractivity (Wildman–Crippen MR) is 133 cm³/mol. The van der Waals surface area contributed by atoms with E-state index in [9.17, 15) is 18.5 Å². The van der Waals surface area contributed by atoms with E-state index in [-0.39, 0.29) is 20.8 Å². The molecule has 1 N–H and O–H groups in total. The summed E-state index contributed by atoms with van der Waals surface area (Å²) in [6, 6.07) is 7.08. The average Bonchev–Trinajstić information content (AvgIpc) is 3.41. The Kier molecular flexibility index (Phi) is 7.84. The molecule has 0 aliphatic carbocycles. The van der Waals surface area contributed by atoms with E-state index >= 15 is 0 Å². The molecule has 0 bridgehead atoms. The van der Waals surface area contributed by atoms with Crippen molar-refractivity contribution in [3.8, 4) is 23.3 Å². The quantitative estimate of drug-likeness (QED) is 0.260. The van der Waals surface area contributed by atoms with Crippen LogP contribution in [0.5, 0.6) is 11.5 Å². The van der Waals surface area contributed by atoms with Crippen LogP contribution in [0, 0.1) is 25.2 Å². The smallest absolute Gasteiger partial charge is 0.268 e. The van der Waals surface area contributed by atoms with Gasteiger partial charge in [0.15, 0.2) is 0 Å². The first kappa shape index (κ1) is 26.2. The van der Waals surface area contributed by atoms with Crippen molar-refractivity contribution in [3.05, 3.63) is 45.7 Å². The van der Waals surface area contributed by atoms with Crippen LogP contribution in [0.3, 0.4) is 0 Å². The van der Waals surface area contributed by atoms with E-state index in [4.69, 9.17) is 21.1 Å². The summed E-state index contributed by atoms with van der Waals surface area (Å²) in [5.74, 6) is 0.110. The van der Waals surface area contributed by atoms with Gasteiger partial charge in [-0.05, 0) is 37.6 Å². The van der Waals surface area contributed by atoms with Gasteiger partial charge in [-0.2, -0.15) is 5.26 Å². The molecule has 2 aromatic heterocycles. The number of ether oxygens (including phenoxy) is 2. The van der Waals surface area contributed by atoms with Crippen molar-refractivity contribution < 1.29 is 22.7 Å². The van der Waals surface area contributed by atoms with E-state index < -0.39 is 15.7 Å². The first-order valence-electron chi connectivity index (χ1n) is 10.2. The third kappa shape index (κ3) is 5.32. The summed E-state index contributed by atoms with van der Waals surface area (Å²) in [5.41, 5.74) is 2.63. The second-order valence-electron chi connectivity index (χ2n) is 7.22. The largest absolute Gasteiger partial charge is 0.495 e. The number of rotatable bonds is 8. The first-order chi connectivity index (χ1) is 16.6. The van der Waals surface area contributed by atoms with Crippen LogP contribution in [0.15, 0.2) is 28.1 Å². The van der Waals surface area contributed by atoms with Crippen molar-refractivity contribution in [2.24, 2.45) is 0 Å². The van der Waals surface area contributed by atoms with E-state index in [1.807, 2.05) is 30.6 Å². The molecule has 0 aliphatic heterocycles. The highest BCUT2D eigenvalue weighted by Gasteiger charge is 2.21. The lowest BCUT2D eigenvalue weighted by atomic mass is 10.1. The van der Waals surface area contributed by atoms with E-state index in [0.717, 1.165) is 22.7 Å². The van der Waals surface area contributed by atoms with Gasteiger partial charge in [-0.15, -0.1) is 10.2 Å². The van der Waals surface area contributed by atoms with Crippen LogP contribution in [0.25, 0.3) is 11.8 Å². The Balaban J connectivity index is 1.97. The van der Waals surface area contributed by atoms with Crippen molar-refractivity contribution in [2.45, 2.75) is 25.1 Å². The van der Waals surface area contributed by atoms with Gasteiger partial charge in [0.25, 0.3) is 5.91 Å². The molecular weight excluding hydrogens is 514 g/mol. The molecule has 10 nitrogen and oxygen atoms in total. The van der Waals surface area contributed by atoms with Gasteiger partial charge in [-0.1, -0.05) is 29.9 Å². The van der Waals surface area contributed by atoms with Crippen molar-refractivity contribution in [1.82, 2.24) is 14.8 Å². The molecule has 0 unspecified atom stereocenters. The molecular formula is C22H22ClN5O5S2. The summed E-state index contributed by atoms with van der Waals surface area (Å²) in [4.78, 5) is 12.7. The van der Waals surface area contributed by atoms with Crippen LogP contribution in [-0.2, 0) is 14.6 Å². The van der Waals surface area contributed by atoms with Crippen molar-refractivity contribution in [1.29, 1.82) is 5.26 Å². The minimum absolute atomic E-state index is 0.0220. The van der Waals surface area contributed by atoms with Gasteiger partial charge in [0.05, 0.1) is 30.7 Å². The van der Waals surface area contributed by atoms with Crippen LogP contribution < -0.4 is 14.8 Å². The molecule has 0 spiro atoms. The summed E-state index contributed by atoms with van der Waals surface area (Å²) in [6.07, 6.45) is 1.44. The summed E-state index contributed by atoms with van der Waals surface area (Å²) < 4.78 is 36.3. The molecule has 184 valence electrons. The van der Waals surface area contributed by atoms with Crippen molar-refractivity contribution in [2.75, 3.05) is 25.3 Å². The topological polar surface area (TPSA) is 136 Å². The maximum atomic E-state index is 12.7. The SMILES string of the molecule is CCS(=O)(=O)c1nnc(NC(=O)C(C#N)=Cc2cc(C)n(-c3cc(Cl)c(OC)cc3OC)c2C)s1.